The van der Waals surface area contributed by atoms with Crippen LogP contribution in [0, 0.1) is 0 Å². The number of carboxylic acid groups (broad SMARTS) is 1. The zero-order valence-electron chi connectivity index (χ0n) is 10.9. The Morgan fingerprint density at radius 1 is 1.33 bits per heavy atom. The van der Waals surface area contributed by atoms with Crippen LogP contribution in [-0.4, -0.2) is 16.1 Å². The normalized spacial score (nSPS) is 11.1. The summed E-state index contributed by atoms with van der Waals surface area (Å²) in [6.45, 7) is 6.08. The van der Waals surface area contributed by atoms with Gasteiger partial charge < -0.3 is 5.11 Å². The molecule has 0 amide bonds. The number of nitrogens with zero attached hydrogens (tertiary/aromatic N) is 1. The lowest BCUT2D eigenvalue weighted by Gasteiger charge is -2.10. The lowest BCUT2D eigenvalue weighted by atomic mass is 10.0. The lowest BCUT2D eigenvalue weighted by molar-refractivity contribution is 0.0699. The predicted molar refractivity (Wildman–Crippen MR) is 72.2 cm³/mol. The zero-order chi connectivity index (χ0) is 13.3. The van der Waals surface area contributed by atoms with Gasteiger partial charge in [-0.15, -0.1) is 0 Å². The number of hydrogen-bond donors (Lipinski definition) is 1. The number of hydrogen-bond acceptors (Lipinski definition) is 2. The Hall–Kier alpha value is -1.90. The Balaban J connectivity index is 2.77. The molecule has 3 nitrogen and oxygen atoms in total. The number of pyridine rings is 1. The van der Waals surface area contributed by atoms with Gasteiger partial charge in [0.2, 0.25) is 0 Å². The zero-order valence-corrected chi connectivity index (χ0v) is 10.9. The Morgan fingerprint density at radius 3 is 2.61 bits per heavy atom. The summed E-state index contributed by atoms with van der Waals surface area (Å²) >= 11 is 0. The molecule has 1 N–H and O–H groups in total. The van der Waals surface area contributed by atoms with E-state index >= 15 is 0 Å². The van der Waals surface area contributed by atoms with Crippen molar-refractivity contribution < 1.29 is 9.90 Å². The molecule has 0 saturated heterocycles. The Bertz CT molecular complexity index is 603. The molecule has 0 fully saturated rings. The van der Waals surface area contributed by atoms with Gasteiger partial charge >= 0.3 is 5.97 Å². The van der Waals surface area contributed by atoms with Gasteiger partial charge in [-0.2, -0.15) is 0 Å². The maximum Gasteiger partial charge on any atom is 0.336 e. The van der Waals surface area contributed by atoms with Crippen molar-refractivity contribution in [1.29, 1.82) is 0 Å². The molecule has 1 aromatic heterocycles. The molecule has 0 atom stereocenters. The molecule has 0 aliphatic carbocycles. The van der Waals surface area contributed by atoms with Gasteiger partial charge in [0.15, 0.2) is 0 Å². The van der Waals surface area contributed by atoms with Crippen molar-refractivity contribution in [1.82, 2.24) is 4.98 Å². The minimum Gasteiger partial charge on any atom is -0.478 e. The van der Waals surface area contributed by atoms with Crippen molar-refractivity contribution in [3.63, 3.8) is 0 Å². The number of fused-ring (bicyclic) bond motifs is 1. The highest BCUT2D eigenvalue weighted by atomic mass is 16.4. The third-order valence-corrected chi connectivity index (χ3v) is 3.12. The number of carbonyl (C=O) groups is 1. The fourth-order valence-electron chi connectivity index (χ4n) is 1.99. The first-order chi connectivity index (χ1) is 8.52. The van der Waals surface area contributed by atoms with E-state index in [4.69, 9.17) is 0 Å². The van der Waals surface area contributed by atoms with Crippen molar-refractivity contribution in [3.05, 3.63) is 41.1 Å². The van der Waals surface area contributed by atoms with Crippen LogP contribution in [0.2, 0.25) is 0 Å². The summed E-state index contributed by atoms with van der Waals surface area (Å²) in [7, 11) is 0. The monoisotopic (exact) mass is 243 g/mol. The minimum atomic E-state index is -0.891. The van der Waals surface area contributed by atoms with E-state index in [-0.39, 0.29) is 5.92 Å². The Kier molecular flexibility index (Phi) is 3.32. The number of rotatable bonds is 3. The molecule has 18 heavy (non-hydrogen) atoms. The smallest absolute Gasteiger partial charge is 0.336 e. The summed E-state index contributed by atoms with van der Waals surface area (Å²) in [5, 5.41) is 10.1. The molecule has 0 aliphatic heterocycles. The number of aromatic carboxylic acids is 1. The van der Waals surface area contributed by atoms with Gasteiger partial charge in [-0.05, 0) is 36.1 Å². The first-order valence-corrected chi connectivity index (χ1v) is 6.19. The molecule has 2 rings (SSSR count). The lowest BCUT2D eigenvalue weighted by Crippen LogP contribution is -2.03. The van der Waals surface area contributed by atoms with E-state index in [1.165, 1.54) is 0 Å². The van der Waals surface area contributed by atoms with Gasteiger partial charge in [-0.3, -0.25) is 4.98 Å². The molecule has 0 bridgehead atoms. The van der Waals surface area contributed by atoms with E-state index in [1.54, 1.807) is 6.07 Å². The molecule has 2 aromatic rings. The van der Waals surface area contributed by atoms with E-state index in [0.717, 1.165) is 28.6 Å². The summed E-state index contributed by atoms with van der Waals surface area (Å²) in [6, 6.07) is 7.53. The number of carboxylic acids is 1. The molecule has 0 radical (unpaired) electrons. The average Bonchev–Trinajstić information content (AvgIpc) is 2.36. The summed E-state index contributed by atoms with van der Waals surface area (Å²) in [6.07, 6.45) is 0.890. The molecule has 0 spiro atoms. The van der Waals surface area contributed by atoms with Crippen LogP contribution in [-0.2, 0) is 6.42 Å². The maximum absolute atomic E-state index is 11.4. The number of benzene rings is 1. The van der Waals surface area contributed by atoms with E-state index in [2.05, 4.69) is 11.9 Å². The molecular weight excluding hydrogens is 226 g/mol. The molecule has 0 unspecified atom stereocenters. The highest BCUT2D eigenvalue weighted by molar-refractivity contribution is 6.02. The number of aromatic nitrogens is 1. The van der Waals surface area contributed by atoms with Crippen LogP contribution in [0.25, 0.3) is 10.9 Å². The van der Waals surface area contributed by atoms with E-state index in [0.29, 0.717) is 5.56 Å². The molecule has 94 valence electrons. The van der Waals surface area contributed by atoms with Crippen molar-refractivity contribution >= 4 is 16.9 Å². The molecule has 0 aliphatic rings. The Labute approximate surface area is 106 Å². The van der Waals surface area contributed by atoms with Crippen molar-refractivity contribution in [2.75, 3.05) is 0 Å². The van der Waals surface area contributed by atoms with Gasteiger partial charge in [0.25, 0.3) is 0 Å². The maximum atomic E-state index is 11.4. The first kappa shape index (κ1) is 12.6. The van der Waals surface area contributed by atoms with Crippen LogP contribution < -0.4 is 0 Å². The third kappa shape index (κ3) is 2.21. The van der Waals surface area contributed by atoms with Crippen LogP contribution in [0.15, 0.2) is 24.3 Å². The third-order valence-electron chi connectivity index (χ3n) is 3.12. The SMILES string of the molecule is CCc1ccc2nc(C(C)C)cc(C(=O)O)c2c1. The van der Waals surface area contributed by atoms with Crippen molar-refractivity contribution in [3.8, 4) is 0 Å². The standard InChI is InChI=1S/C15H17NO2/c1-4-10-5-6-13-11(7-10)12(15(17)18)8-14(16-13)9(2)3/h5-9H,4H2,1-3H3,(H,17,18). The molecular formula is C15H17NO2. The quantitative estimate of drug-likeness (QED) is 0.895. The van der Waals surface area contributed by atoms with Crippen LogP contribution in [0.5, 0.6) is 0 Å². The first-order valence-electron chi connectivity index (χ1n) is 6.19. The second-order valence-corrected chi connectivity index (χ2v) is 4.76. The fourth-order valence-corrected chi connectivity index (χ4v) is 1.99. The predicted octanol–water partition coefficient (Wildman–Crippen LogP) is 3.62. The highest BCUT2D eigenvalue weighted by Crippen LogP contribution is 2.23. The van der Waals surface area contributed by atoms with Crippen LogP contribution in [0.3, 0.4) is 0 Å². The molecule has 1 aromatic carbocycles. The average molecular weight is 243 g/mol. The summed E-state index contributed by atoms with van der Waals surface area (Å²) < 4.78 is 0. The van der Waals surface area contributed by atoms with Crippen LogP contribution in [0.1, 0.15) is 48.3 Å². The Morgan fingerprint density at radius 2 is 2.06 bits per heavy atom. The highest BCUT2D eigenvalue weighted by Gasteiger charge is 2.13. The summed E-state index contributed by atoms with van der Waals surface area (Å²) in [5.41, 5.74) is 3.06. The van der Waals surface area contributed by atoms with Gasteiger partial charge in [-0.25, -0.2) is 4.79 Å². The topological polar surface area (TPSA) is 50.2 Å². The largest absolute Gasteiger partial charge is 0.478 e. The van der Waals surface area contributed by atoms with Crippen molar-refractivity contribution in [2.45, 2.75) is 33.1 Å². The van der Waals surface area contributed by atoms with Gasteiger partial charge in [-0.1, -0.05) is 26.8 Å². The number of aryl methyl sites for hydroxylation is 1. The molecule has 3 heteroatoms. The minimum absolute atomic E-state index is 0.221. The van der Waals surface area contributed by atoms with Crippen molar-refractivity contribution in [2.24, 2.45) is 0 Å². The summed E-state index contributed by atoms with van der Waals surface area (Å²) in [5.74, 6) is -0.670. The van der Waals surface area contributed by atoms with Gasteiger partial charge in [0.05, 0.1) is 11.1 Å². The fraction of sp³-hybridized carbons (Fsp3) is 0.333. The second kappa shape index (κ2) is 4.77. The summed E-state index contributed by atoms with van der Waals surface area (Å²) in [4.78, 5) is 15.9. The molecule has 1 heterocycles. The molecule has 0 saturated carbocycles. The van der Waals surface area contributed by atoms with E-state index in [1.807, 2.05) is 32.0 Å². The van der Waals surface area contributed by atoms with E-state index < -0.39 is 5.97 Å². The van der Waals surface area contributed by atoms with Crippen LogP contribution >= 0.6 is 0 Å². The van der Waals surface area contributed by atoms with E-state index in [9.17, 15) is 9.90 Å². The van der Waals surface area contributed by atoms with Gasteiger partial charge in [0, 0.05) is 11.1 Å². The second-order valence-electron chi connectivity index (χ2n) is 4.76. The van der Waals surface area contributed by atoms with Gasteiger partial charge in [0.1, 0.15) is 0 Å². The van der Waals surface area contributed by atoms with Crippen LogP contribution in [0.4, 0.5) is 0 Å².